The Morgan fingerprint density at radius 3 is 2.13 bits per heavy atom. The van der Waals surface area contributed by atoms with Gasteiger partial charge in [0, 0.05) is 43.9 Å². The van der Waals surface area contributed by atoms with Crippen LogP contribution in [0.4, 0.5) is 0 Å². The molecule has 0 unspecified atom stereocenters. The zero-order chi connectivity index (χ0) is 20.1. The number of rotatable bonds is 0. The number of fused-ring (bicyclic) bond motifs is 13. The molecule has 3 heterocycles. The topological polar surface area (TPSA) is 17.3 Å². The maximum atomic E-state index is 4.81. The number of nitrogens with zero attached hydrogens (tertiary/aromatic N) is 2. The third-order valence-electron chi connectivity index (χ3n) is 6.94. The molecule has 0 saturated carbocycles. The first-order chi connectivity index (χ1) is 15.4. The van der Waals surface area contributed by atoms with Crippen molar-refractivity contribution in [3.63, 3.8) is 0 Å². The molecule has 0 fully saturated rings. The van der Waals surface area contributed by atoms with Crippen LogP contribution >= 0.6 is 0 Å². The van der Waals surface area contributed by atoms with Crippen molar-refractivity contribution >= 4 is 70.5 Å². The van der Waals surface area contributed by atoms with Crippen molar-refractivity contribution in [2.75, 3.05) is 0 Å². The van der Waals surface area contributed by atoms with Gasteiger partial charge in [0.15, 0.2) is 0 Å². The van der Waals surface area contributed by atoms with Crippen LogP contribution in [0.2, 0.25) is 0 Å². The molecule has 2 nitrogen and oxygen atoms in total. The first kappa shape index (κ1) is 15.6. The van der Waals surface area contributed by atoms with Crippen LogP contribution in [0.1, 0.15) is 0 Å². The molecule has 0 aliphatic heterocycles. The fraction of sp³-hybridized carbons (Fsp3) is 0. The number of para-hydroxylation sites is 2. The van der Waals surface area contributed by atoms with E-state index >= 15 is 0 Å². The average molecular weight is 392 g/mol. The van der Waals surface area contributed by atoms with Crippen LogP contribution < -0.4 is 0 Å². The molecule has 8 aromatic rings. The van der Waals surface area contributed by atoms with Gasteiger partial charge in [0.2, 0.25) is 0 Å². The van der Waals surface area contributed by atoms with Gasteiger partial charge in [-0.2, -0.15) is 0 Å². The highest BCUT2D eigenvalue weighted by Crippen LogP contribution is 2.44. The standard InChI is InChI=1S/C29H16N2/c1-2-9-19-17(7-1)20-12-6-16-30-28(20)22-14-15-25-27(26(19)22)23-11-5-10-21-18-8-3-4-13-24(18)31(25)29(21)23/h1-16H. The maximum Gasteiger partial charge on any atom is 0.0786 e. The summed E-state index contributed by atoms with van der Waals surface area (Å²) in [6.45, 7) is 0. The minimum absolute atomic E-state index is 1.08. The van der Waals surface area contributed by atoms with E-state index < -0.39 is 0 Å². The van der Waals surface area contributed by atoms with Gasteiger partial charge in [0.25, 0.3) is 0 Å². The molecule has 0 N–H and O–H groups in total. The summed E-state index contributed by atoms with van der Waals surface area (Å²) in [5, 5.41) is 11.6. The van der Waals surface area contributed by atoms with E-state index in [1.807, 2.05) is 12.3 Å². The molecule has 0 aliphatic rings. The highest BCUT2D eigenvalue weighted by molar-refractivity contribution is 6.36. The molecule has 0 aliphatic carbocycles. The van der Waals surface area contributed by atoms with E-state index in [-0.39, 0.29) is 0 Å². The lowest BCUT2D eigenvalue weighted by molar-refractivity contribution is 1.37. The van der Waals surface area contributed by atoms with Gasteiger partial charge in [0.05, 0.1) is 22.1 Å². The Balaban J connectivity index is 1.79. The monoisotopic (exact) mass is 392 g/mol. The van der Waals surface area contributed by atoms with Crippen LogP contribution in [0, 0.1) is 0 Å². The summed E-state index contributed by atoms with van der Waals surface area (Å²) in [6, 6.07) is 33.0. The molecule has 3 aromatic heterocycles. The van der Waals surface area contributed by atoms with E-state index in [0.29, 0.717) is 0 Å². The number of hydrogen-bond donors (Lipinski definition) is 0. The first-order valence-electron chi connectivity index (χ1n) is 10.7. The SMILES string of the molecule is c1ccc2c(c1)c1cccnc1c1ccc3c(c4cccc5c6ccccc6n3c54)c21. The zero-order valence-electron chi connectivity index (χ0n) is 16.6. The molecule has 0 saturated heterocycles. The second-order valence-corrected chi connectivity index (χ2v) is 8.38. The lowest BCUT2D eigenvalue weighted by atomic mass is 9.93. The smallest absolute Gasteiger partial charge is 0.0786 e. The average Bonchev–Trinajstić information content (AvgIpc) is 3.36. The van der Waals surface area contributed by atoms with Crippen molar-refractivity contribution in [2.24, 2.45) is 0 Å². The van der Waals surface area contributed by atoms with Gasteiger partial charge in [0.1, 0.15) is 0 Å². The van der Waals surface area contributed by atoms with Gasteiger partial charge < -0.3 is 4.40 Å². The highest BCUT2D eigenvalue weighted by atomic mass is 14.9. The van der Waals surface area contributed by atoms with Crippen molar-refractivity contribution in [2.45, 2.75) is 0 Å². The van der Waals surface area contributed by atoms with Crippen LogP contribution in [0.5, 0.6) is 0 Å². The van der Waals surface area contributed by atoms with E-state index in [1.165, 1.54) is 65.0 Å². The quantitative estimate of drug-likeness (QED) is 0.242. The zero-order valence-corrected chi connectivity index (χ0v) is 16.6. The number of aromatic nitrogens is 2. The molecule has 142 valence electrons. The molecule has 8 rings (SSSR count). The molecule has 0 atom stereocenters. The Hall–Kier alpha value is -4.17. The molecule has 0 bridgehead atoms. The Morgan fingerprint density at radius 1 is 0.452 bits per heavy atom. The van der Waals surface area contributed by atoms with Crippen molar-refractivity contribution in [3.8, 4) is 0 Å². The van der Waals surface area contributed by atoms with Crippen molar-refractivity contribution in [3.05, 3.63) is 97.2 Å². The number of hydrogen-bond acceptors (Lipinski definition) is 1. The minimum Gasteiger partial charge on any atom is -0.308 e. The molecule has 31 heavy (non-hydrogen) atoms. The van der Waals surface area contributed by atoms with E-state index in [0.717, 1.165) is 5.52 Å². The van der Waals surface area contributed by atoms with Crippen molar-refractivity contribution in [1.29, 1.82) is 0 Å². The van der Waals surface area contributed by atoms with E-state index in [2.05, 4.69) is 89.3 Å². The molecule has 0 spiro atoms. The number of benzene rings is 5. The third-order valence-corrected chi connectivity index (χ3v) is 6.94. The second-order valence-electron chi connectivity index (χ2n) is 8.38. The lowest BCUT2D eigenvalue weighted by Gasteiger charge is -2.11. The summed E-state index contributed by atoms with van der Waals surface area (Å²) in [5.74, 6) is 0. The van der Waals surface area contributed by atoms with Gasteiger partial charge in [-0.25, -0.2) is 0 Å². The highest BCUT2D eigenvalue weighted by Gasteiger charge is 2.20. The van der Waals surface area contributed by atoms with Crippen LogP contribution in [-0.4, -0.2) is 9.38 Å². The molecular formula is C29H16N2. The van der Waals surface area contributed by atoms with Crippen LogP contribution in [0.25, 0.3) is 70.5 Å². The Morgan fingerprint density at radius 2 is 1.19 bits per heavy atom. The minimum atomic E-state index is 1.08. The van der Waals surface area contributed by atoms with Crippen LogP contribution in [-0.2, 0) is 0 Å². The molecular weight excluding hydrogens is 376 g/mol. The summed E-state index contributed by atoms with van der Waals surface area (Å²) < 4.78 is 2.45. The van der Waals surface area contributed by atoms with E-state index in [1.54, 1.807) is 0 Å². The van der Waals surface area contributed by atoms with Crippen molar-refractivity contribution in [1.82, 2.24) is 9.38 Å². The predicted molar refractivity (Wildman–Crippen MR) is 131 cm³/mol. The van der Waals surface area contributed by atoms with Crippen LogP contribution in [0.3, 0.4) is 0 Å². The third kappa shape index (κ3) is 1.74. The Kier molecular flexibility index (Phi) is 2.67. The fourth-order valence-corrected chi connectivity index (χ4v) is 5.77. The molecule has 5 aromatic carbocycles. The number of pyridine rings is 1. The molecule has 0 radical (unpaired) electrons. The van der Waals surface area contributed by atoms with Gasteiger partial charge in [-0.1, -0.05) is 72.8 Å². The summed E-state index contributed by atoms with van der Waals surface area (Å²) in [7, 11) is 0. The fourth-order valence-electron chi connectivity index (χ4n) is 5.77. The van der Waals surface area contributed by atoms with E-state index in [4.69, 9.17) is 4.98 Å². The molecule has 0 amide bonds. The summed E-state index contributed by atoms with van der Waals surface area (Å²) >= 11 is 0. The van der Waals surface area contributed by atoms with Crippen molar-refractivity contribution < 1.29 is 0 Å². The second kappa shape index (κ2) is 5.30. The van der Waals surface area contributed by atoms with Crippen LogP contribution in [0.15, 0.2) is 97.2 Å². The summed E-state index contributed by atoms with van der Waals surface area (Å²) in [5.41, 5.74) is 4.93. The Labute approximate surface area is 177 Å². The molecule has 2 heteroatoms. The Bertz CT molecular complexity index is 1960. The summed E-state index contributed by atoms with van der Waals surface area (Å²) in [6.07, 6.45) is 1.90. The summed E-state index contributed by atoms with van der Waals surface area (Å²) in [4.78, 5) is 4.81. The predicted octanol–water partition coefficient (Wildman–Crippen LogP) is 7.69. The van der Waals surface area contributed by atoms with E-state index in [9.17, 15) is 0 Å². The normalized spacial score (nSPS) is 12.5. The maximum absolute atomic E-state index is 4.81. The lowest BCUT2D eigenvalue weighted by Crippen LogP contribution is -1.87. The van der Waals surface area contributed by atoms with Gasteiger partial charge in [-0.15, -0.1) is 0 Å². The largest absolute Gasteiger partial charge is 0.308 e. The first-order valence-corrected chi connectivity index (χ1v) is 10.7. The van der Waals surface area contributed by atoms with Gasteiger partial charge in [-0.3, -0.25) is 4.98 Å². The van der Waals surface area contributed by atoms with Gasteiger partial charge in [-0.05, 0) is 29.0 Å². The van der Waals surface area contributed by atoms with Gasteiger partial charge >= 0.3 is 0 Å².